The first-order valence-corrected chi connectivity index (χ1v) is 5.20. The molecule has 0 saturated heterocycles. The fraction of sp³-hybridized carbons (Fsp3) is 0.154. The SMILES string of the molecule is N#CCC(O)c1c[nH]c(-c2ccc(F)cc2)c1. The van der Waals surface area contributed by atoms with E-state index in [9.17, 15) is 9.50 Å². The number of benzene rings is 1. The van der Waals surface area contributed by atoms with Crippen LogP contribution in [0, 0.1) is 17.1 Å². The summed E-state index contributed by atoms with van der Waals surface area (Å²) in [4.78, 5) is 2.99. The summed E-state index contributed by atoms with van der Waals surface area (Å²) in [6, 6.07) is 9.73. The van der Waals surface area contributed by atoms with Crippen molar-refractivity contribution in [1.82, 2.24) is 4.98 Å². The lowest BCUT2D eigenvalue weighted by atomic mass is 10.1. The Morgan fingerprint density at radius 3 is 2.71 bits per heavy atom. The zero-order chi connectivity index (χ0) is 12.3. The van der Waals surface area contributed by atoms with Crippen molar-refractivity contribution in [3.63, 3.8) is 0 Å². The van der Waals surface area contributed by atoms with Crippen LogP contribution < -0.4 is 0 Å². The number of nitrogens with one attached hydrogen (secondary N) is 1. The molecule has 86 valence electrons. The van der Waals surface area contributed by atoms with Gasteiger partial charge in [0.25, 0.3) is 0 Å². The summed E-state index contributed by atoms with van der Waals surface area (Å²) >= 11 is 0. The molecule has 2 aromatic rings. The van der Waals surface area contributed by atoms with Gasteiger partial charge in [0, 0.05) is 11.9 Å². The Morgan fingerprint density at radius 2 is 2.06 bits per heavy atom. The zero-order valence-electron chi connectivity index (χ0n) is 9.02. The van der Waals surface area contributed by atoms with E-state index in [0.29, 0.717) is 5.56 Å². The normalized spacial score (nSPS) is 12.1. The second-order valence-electron chi connectivity index (χ2n) is 3.73. The molecule has 1 heterocycles. The number of rotatable bonds is 3. The Morgan fingerprint density at radius 1 is 1.35 bits per heavy atom. The van der Waals surface area contributed by atoms with E-state index in [0.717, 1.165) is 11.3 Å². The van der Waals surface area contributed by atoms with Crippen LogP contribution in [0.15, 0.2) is 36.5 Å². The third-order valence-corrected chi connectivity index (χ3v) is 2.53. The van der Waals surface area contributed by atoms with Gasteiger partial charge in [-0.15, -0.1) is 0 Å². The lowest BCUT2D eigenvalue weighted by Crippen LogP contribution is -1.92. The molecule has 2 rings (SSSR count). The highest BCUT2D eigenvalue weighted by molar-refractivity contribution is 5.60. The van der Waals surface area contributed by atoms with Gasteiger partial charge >= 0.3 is 0 Å². The van der Waals surface area contributed by atoms with E-state index in [4.69, 9.17) is 5.26 Å². The fourth-order valence-electron chi connectivity index (χ4n) is 1.60. The minimum Gasteiger partial charge on any atom is -0.387 e. The number of hydrogen-bond acceptors (Lipinski definition) is 2. The maximum absolute atomic E-state index is 12.7. The molecule has 0 fully saturated rings. The lowest BCUT2D eigenvalue weighted by molar-refractivity contribution is 0.183. The Labute approximate surface area is 98.1 Å². The minimum atomic E-state index is -0.787. The summed E-state index contributed by atoms with van der Waals surface area (Å²) in [5, 5.41) is 18.1. The Kier molecular flexibility index (Phi) is 3.22. The van der Waals surface area contributed by atoms with Crippen LogP contribution in [0.1, 0.15) is 18.1 Å². The van der Waals surface area contributed by atoms with E-state index in [-0.39, 0.29) is 12.2 Å². The van der Waals surface area contributed by atoms with Gasteiger partial charge in [0.2, 0.25) is 0 Å². The van der Waals surface area contributed by atoms with E-state index in [1.807, 2.05) is 6.07 Å². The summed E-state index contributed by atoms with van der Waals surface area (Å²) in [7, 11) is 0. The van der Waals surface area contributed by atoms with Gasteiger partial charge < -0.3 is 10.1 Å². The second-order valence-corrected chi connectivity index (χ2v) is 3.73. The summed E-state index contributed by atoms with van der Waals surface area (Å²) in [6.07, 6.45) is 0.923. The van der Waals surface area contributed by atoms with Gasteiger partial charge in [-0.3, -0.25) is 0 Å². The van der Waals surface area contributed by atoms with Crippen molar-refractivity contribution < 1.29 is 9.50 Å². The first-order valence-electron chi connectivity index (χ1n) is 5.20. The highest BCUT2D eigenvalue weighted by atomic mass is 19.1. The molecule has 1 unspecified atom stereocenters. The summed E-state index contributed by atoms with van der Waals surface area (Å²) in [6.45, 7) is 0. The largest absolute Gasteiger partial charge is 0.387 e. The molecule has 1 aromatic heterocycles. The van der Waals surface area contributed by atoms with Crippen LogP contribution >= 0.6 is 0 Å². The molecular formula is C13H11FN2O. The van der Waals surface area contributed by atoms with Gasteiger partial charge in [-0.2, -0.15) is 5.26 Å². The van der Waals surface area contributed by atoms with Crippen LogP contribution in [-0.2, 0) is 0 Å². The molecule has 1 atom stereocenters. The Hall–Kier alpha value is -2.12. The van der Waals surface area contributed by atoms with Crippen molar-refractivity contribution in [2.75, 3.05) is 0 Å². The number of aromatic amines is 1. The van der Waals surface area contributed by atoms with E-state index in [1.54, 1.807) is 24.4 Å². The number of nitrogens with zero attached hydrogens (tertiary/aromatic N) is 1. The van der Waals surface area contributed by atoms with Gasteiger partial charge in [-0.1, -0.05) is 0 Å². The lowest BCUT2D eigenvalue weighted by Gasteiger charge is -2.01. The topological polar surface area (TPSA) is 59.8 Å². The molecule has 2 N–H and O–H groups in total. The summed E-state index contributed by atoms with van der Waals surface area (Å²) < 4.78 is 12.7. The number of hydrogen-bond donors (Lipinski definition) is 2. The standard InChI is InChI=1S/C13H11FN2O/c14-11-3-1-9(2-4-11)12-7-10(8-16-12)13(17)5-6-15/h1-4,7-8,13,16-17H,5H2. The molecule has 0 radical (unpaired) electrons. The third kappa shape index (κ3) is 2.52. The quantitative estimate of drug-likeness (QED) is 0.851. The maximum Gasteiger partial charge on any atom is 0.123 e. The molecule has 17 heavy (non-hydrogen) atoms. The van der Waals surface area contributed by atoms with E-state index in [1.165, 1.54) is 12.1 Å². The summed E-state index contributed by atoms with van der Waals surface area (Å²) in [5.74, 6) is -0.287. The number of nitriles is 1. The Balaban J connectivity index is 2.24. The number of halogens is 1. The van der Waals surface area contributed by atoms with E-state index >= 15 is 0 Å². The first-order chi connectivity index (χ1) is 8.20. The molecule has 0 amide bonds. The minimum absolute atomic E-state index is 0.0563. The van der Waals surface area contributed by atoms with Crippen LogP contribution in [0.3, 0.4) is 0 Å². The highest BCUT2D eigenvalue weighted by Crippen LogP contribution is 2.23. The molecule has 0 aliphatic heterocycles. The van der Waals surface area contributed by atoms with Gasteiger partial charge in [0.05, 0.1) is 18.6 Å². The molecule has 0 bridgehead atoms. The van der Waals surface area contributed by atoms with Crippen LogP contribution in [0.2, 0.25) is 0 Å². The van der Waals surface area contributed by atoms with Crippen LogP contribution in [-0.4, -0.2) is 10.1 Å². The number of aliphatic hydroxyl groups excluding tert-OH is 1. The second kappa shape index (κ2) is 4.81. The van der Waals surface area contributed by atoms with Crippen molar-refractivity contribution in [2.24, 2.45) is 0 Å². The van der Waals surface area contributed by atoms with Gasteiger partial charge in [-0.05, 0) is 41.5 Å². The Bertz CT molecular complexity index is 539. The predicted octanol–water partition coefficient (Wildman–Crippen LogP) is 2.77. The average molecular weight is 230 g/mol. The average Bonchev–Trinajstić information content (AvgIpc) is 2.80. The molecule has 0 saturated carbocycles. The number of aromatic nitrogens is 1. The molecule has 3 nitrogen and oxygen atoms in total. The van der Waals surface area contributed by atoms with Gasteiger partial charge in [0.15, 0.2) is 0 Å². The van der Waals surface area contributed by atoms with Crippen LogP contribution in [0.25, 0.3) is 11.3 Å². The molecule has 0 aliphatic carbocycles. The van der Waals surface area contributed by atoms with Crippen molar-refractivity contribution in [1.29, 1.82) is 5.26 Å². The number of H-pyrrole nitrogens is 1. The van der Waals surface area contributed by atoms with Gasteiger partial charge in [-0.25, -0.2) is 4.39 Å². The van der Waals surface area contributed by atoms with Gasteiger partial charge in [0.1, 0.15) is 5.82 Å². The monoisotopic (exact) mass is 230 g/mol. The van der Waals surface area contributed by atoms with Crippen LogP contribution in [0.4, 0.5) is 4.39 Å². The van der Waals surface area contributed by atoms with Crippen LogP contribution in [0.5, 0.6) is 0 Å². The summed E-state index contributed by atoms with van der Waals surface area (Å²) in [5.41, 5.74) is 2.28. The molecule has 4 heteroatoms. The van der Waals surface area contributed by atoms with Crippen molar-refractivity contribution in [3.05, 3.63) is 47.9 Å². The third-order valence-electron chi connectivity index (χ3n) is 2.53. The van der Waals surface area contributed by atoms with Crippen molar-refractivity contribution in [2.45, 2.75) is 12.5 Å². The maximum atomic E-state index is 12.7. The van der Waals surface area contributed by atoms with Crippen molar-refractivity contribution >= 4 is 0 Å². The molecule has 0 aliphatic rings. The van der Waals surface area contributed by atoms with E-state index in [2.05, 4.69) is 4.98 Å². The first kappa shape index (κ1) is 11.4. The predicted molar refractivity (Wildman–Crippen MR) is 61.4 cm³/mol. The molecule has 1 aromatic carbocycles. The van der Waals surface area contributed by atoms with E-state index < -0.39 is 6.10 Å². The molecular weight excluding hydrogens is 219 g/mol. The zero-order valence-corrected chi connectivity index (χ0v) is 9.02. The highest BCUT2D eigenvalue weighted by Gasteiger charge is 2.10. The molecule has 0 spiro atoms. The van der Waals surface area contributed by atoms with Crippen molar-refractivity contribution in [3.8, 4) is 17.3 Å². The fourth-order valence-corrected chi connectivity index (χ4v) is 1.60. The smallest absolute Gasteiger partial charge is 0.123 e. The number of aliphatic hydroxyl groups is 1.